The fourth-order valence-electron chi connectivity index (χ4n) is 2.82. The first-order valence-electron chi connectivity index (χ1n) is 9.79. The number of halogens is 1. The molecule has 4 nitrogen and oxygen atoms in total. The molecular formula is C23H27BrO4. The minimum atomic E-state index is -0.535. The second-order valence-electron chi connectivity index (χ2n) is 6.66. The quantitative estimate of drug-likeness (QED) is 0.299. The zero-order valence-corrected chi connectivity index (χ0v) is 17.9. The Morgan fingerprint density at radius 3 is 2.14 bits per heavy atom. The van der Waals surface area contributed by atoms with Gasteiger partial charge in [-0.05, 0) is 36.2 Å². The van der Waals surface area contributed by atoms with Crippen LogP contribution in [0.15, 0.2) is 53.0 Å². The largest absolute Gasteiger partial charge is 0.462 e. The summed E-state index contributed by atoms with van der Waals surface area (Å²) >= 11 is 3.39. The molecule has 2 rings (SSSR count). The SMILES string of the molecule is CCCCCCCCOC(=O)c1ccccc1C(=O)OCc1cccc(Br)c1. The van der Waals surface area contributed by atoms with Gasteiger partial charge in [0.1, 0.15) is 6.61 Å². The third-order valence-electron chi connectivity index (χ3n) is 4.36. The van der Waals surface area contributed by atoms with Gasteiger partial charge in [0.15, 0.2) is 0 Å². The van der Waals surface area contributed by atoms with Crippen molar-refractivity contribution in [2.24, 2.45) is 0 Å². The zero-order valence-electron chi connectivity index (χ0n) is 16.3. The smallest absolute Gasteiger partial charge is 0.339 e. The van der Waals surface area contributed by atoms with Crippen LogP contribution in [0.1, 0.15) is 71.7 Å². The molecule has 0 unspecified atom stereocenters. The lowest BCUT2D eigenvalue weighted by atomic mass is 10.1. The lowest BCUT2D eigenvalue weighted by molar-refractivity contribution is 0.0436. The van der Waals surface area contributed by atoms with E-state index in [0.717, 1.165) is 29.3 Å². The highest BCUT2D eigenvalue weighted by atomic mass is 79.9. The average Bonchev–Trinajstić information content (AvgIpc) is 2.71. The molecule has 0 fully saturated rings. The molecule has 150 valence electrons. The summed E-state index contributed by atoms with van der Waals surface area (Å²) in [5.41, 5.74) is 1.34. The Kier molecular flexibility index (Phi) is 9.77. The molecule has 0 saturated carbocycles. The average molecular weight is 447 g/mol. The van der Waals surface area contributed by atoms with Crippen LogP contribution in [0.4, 0.5) is 0 Å². The van der Waals surface area contributed by atoms with Gasteiger partial charge in [0.05, 0.1) is 17.7 Å². The fourth-order valence-corrected chi connectivity index (χ4v) is 3.26. The van der Waals surface area contributed by atoms with Crippen molar-refractivity contribution in [2.75, 3.05) is 6.61 Å². The number of rotatable bonds is 11. The fraction of sp³-hybridized carbons (Fsp3) is 0.391. The minimum Gasteiger partial charge on any atom is -0.462 e. The molecule has 2 aromatic carbocycles. The van der Waals surface area contributed by atoms with Gasteiger partial charge in [0.2, 0.25) is 0 Å². The minimum absolute atomic E-state index is 0.138. The number of carbonyl (C=O) groups is 2. The van der Waals surface area contributed by atoms with Crippen LogP contribution in [0.2, 0.25) is 0 Å². The van der Waals surface area contributed by atoms with Gasteiger partial charge in [-0.1, -0.05) is 79.2 Å². The molecule has 0 radical (unpaired) electrons. The highest BCUT2D eigenvalue weighted by molar-refractivity contribution is 9.10. The van der Waals surface area contributed by atoms with Gasteiger partial charge in [-0.25, -0.2) is 9.59 Å². The third kappa shape index (κ3) is 7.47. The van der Waals surface area contributed by atoms with Crippen molar-refractivity contribution in [3.8, 4) is 0 Å². The lowest BCUT2D eigenvalue weighted by Gasteiger charge is -2.10. The van der Waals surface area contributed by atoms with Crippen LogP contribution in [-0.2, 0) is 16.1 Å². The van der Waals surface area contributed by atoms with Gasteiger partial charge in [-0.3, -0.25) is 0 Å². The Hall–Kier alpha value is -2.14. The van der Waals surface area contributed by atoms with Crippen LogP contribution in [0.3, 0.4) is 0 Å². The van der Waals surface area contributed by atoms with E-state index in [1.54, 1.807) is 24.3 Å². The highest BCUT2D eigenvalue weighted by Gasteiger charge is 2.19. The molecule has 0 spiro atoms. The number of carbonyl (C=O) groups excluding carboxylic acids is 2. The Morgan fingerprint density at radius 1 is 0.821 bits per heavy atom. The topological polar surface area (TPSA) is 52.6 Å². The van der Waals surface area contributed by atoms with Crippen molar-refractivity contribution in [3.05, 3.63) is 69.7 Å². The summed E-state index contributed by atoms with van der Waals surface area (Å²) in [6.45, 7) is 2.69. The van der Waals surface area contributed by atoms with E-state index >= 15 is 0 Å². The number of benzene rings is 2. The Morgan fingerprint density at radius 2 is 1.46 bits per heavy atom. The molecule has 0 bridgehead atoms. The van der Waals surface area contributed by atoms with E-state index < -0.39 is 11.9 Å². The molecule has 0 aliphatic rings. The maximum Gasteiger partial charge on any atom is 0.339 e. The van der Waals surface area contributed by atoms with E-state index in [-0.39, 0.29) is 17.7 Å². The maximum absolute atomic E-state index is 12.5. The number of hydrogen-bond donors (Lipinski definition) is 0. The van der Waals surface area contributed by atoms with E-state index in [4.69, 9.17) is 9.47 Å². The first-order chi connectivity index (χ1) is 13.6. The molecule has 5 heteroatoms. The van der Waals surface area contributed by atoms with Crippen molar-refractivity contribution in [2.45, 2.75) is 52.1 Å². The molecule has 0 atom stereocenters. The summed E-state index contributed by atoms with van der Waals surface area (Å²) in [6.07, 6.45) is 6.72. The second-order valence-corrected chi connectivity index (χ2v) is 7.57. The molecule has 28 heavy (non-hydrogen) atoms. The van der Waals surface area contributed by atoms with Crippen LogP contribution < -0.4 is 0 Å². The molecule has 0 amide bonds. The molecule has 0 heterocycles. The van der Waals surface area contributed by atoms with Gasteiger partial charge in [-0.2, -0.15) is 0 Å². The van der Waals surface area contributed by atoms with Crippen LogP contribution >= 0.6 is 15.9 Å². The molecule has 0 saturated heterocycles. The molecule has 2 aromatic rings. The predicted octanol–water partition coefficient (Wildman–Crippen LogP) is 6.32. The summed E-state index contributed by atoms with van der Waals surface area (Å²) < 4.78 is 11.6. The van der Waals surface area contributed by atoms with Gasteiger partial charge < -0.3 is 9.47 Å². The number of ether oxygens (including phenoxy) is 2. The summed E-state index contributed by atoms with van der Waals surface area (Å²) in [4.78, 5) is 24.9. The van der Waals surface area contributed by atoms with E-state index in [1.165, 1.54) is 19.3 Å². The Balaban J connectivity index is 1.86. The molecular weight excluding hydrogens is 420 g/mol. The summed E-state index contributed by atoms with van der Waals surface area (Å²) in [7, 11) is 0. The van der Waals surface area contributed by atoms with Crippen LogP contribution in [-0.4, -0.2) is 18.5 Å². The van der Waals surface area contributed by atoms with Crippen molar-refractivity contribution < 1.29 is 19.1 Å². The first-order valence-corrected chi connectivity index (χ1v) is 10.6. The van der Waals surface area contributed by atoms with Gasteiger partial charge in [-0.15, -0.1) is 0 Å². The molecule has 0 aliphatic heterocycles. The van der Waals surface area contributed by atoms with Crippen molar-refractivity contribution in [3.63, 3.8) is 0 Å². The van der Waals surface area contributed by atoms with Crippen LogP contribution in [0, 0.1) is 0 Å². The zero-order chi connectivity index (χ0) is 20.2. The Bertz CT molecular complexity index is 773. The van der Waals surface area contributed by atoms with Crippen molar-refractivity contribution in [1.29, 1.82) is 0 Å². The summed E-state index contributed by atoms with van der Waals surface area (Å²) in [5, 5.41) is 0. The maximum atomic E-state index is 12.5. The van der Waals surface area contributed by atoms with Crippen LogP contribution in [0.25, 0.3) is 0 Å². The standard InChI is InChI=1S/C23H27BrO4/c1-2-3-4-5-6-9-15-27-22(25)20-13-7-8-14-21(20)23(26)28-17-18-11-10-12-19(24)16-18/h7-8,10-14,16H,2-6,9,15,17H2,1H3. The normalized spacial score (nSPS) is 10.5. The number of hydrogen-bond acceptors (Lipinski definition) is 4. The van der Waals surface area contributed by atoms with E-state index in [9.17, 15) is 9.59 Å². The van der Waals surface area contributed by atoms with Gasteiger partial charge in [0.25, 0.3) is 0 Å². The monoisotopic (exact) mass is 446 g/mol. The van der Waals surface area contributed by atoms with Gasteiger partial charge >= 0.3 is 11.9 Å². The second kappa shape index (κ2) is 12.3. The first kappa shape index (κ1) is 22.2. The predicted molar refractivity (Wildman–Crippen MR) is 113 cm³/mol. The number of unbranched alkanes of at least 4 members (excludes halogenated alkanes) is 5. The summed E-state index contributed by atoms with van der Waals surface area (Å²) in [6, 6.07) is 14.1. The third-order valence-corrected chi connectivity index (χ3v) is 4.85. The highest BCUT2D eigenvalue weighted by Crippen LogP contribution is 2.16. The van der Waals surface area contributed by atoms with E-state index in [1.807, 2.05) is 24.3 Å². The molecule has 0 aromatic heterocycles. The Labute approximate surface area is 175 Å². The van der Waals surface area contributed by atoms with Crippen molar-refractivity contribution in [1.82, 2.24) is 0 Å². The van der Waals surface area contributed by atoms with E-state index in [2.05, 4.69) is 22.9 Å². The number of esters is 2. The van der Waals surface area contributed by atoms with Crippen molar-refractivity contribution >= 4 is 27.9 Å². The van der Waals surface area contributed by atoms with Crippen LogP contribution in [0.5, 0.6) is 0 Å². The van der Waals surface area contributed by atoms with E-state index in [0.29, 0.717) is 6.61 Å². The lowest BCUT2D eigenvalue weighted by Crippen LogP contribution is -2.14. The molecule has 0 aliphatic carbocycles. The summed E-state index contributed by atoms with van der Waals surface area (Å²) in [5.74, 6) is -1.02. The van der Waals surface area contributed by atoms with Gasteiger partial charge in [0, 0.05) is 4.47 Å². The molecule has 0 N–H and O–H groups in total.